The first-order chi connectivity index (χ1) is 26.4. The van der Waals surface area contributed by atoms with E-state index in [0.717, 1.165) is 43.2 Å². The van der Waals surface area contributed by atoms with Crippen LogP contribution in [0.5, 0.6) is 11.5 Å². The number of non-ortho nitro benzene ring substituents is 2. The van der Waals surface area contributed by atoms with Crippen molar-refractivity contribution in [1.29, 1.82) is 0 Å². The molecule has 0 aromatic heterocycles. The zero-order chi connectivity index (χ0) is 42.4. The van der Waals surface area contributed by atoms with E-state index in [1.54, 1.807) is 18.2 Å². The van der Waals surface area contributed by atoms with Gasteiger partial charge in [-0.15, -0.1) is 0 Å². The van der Waals surface area contributed by atoms with Gasteiger partial charge < -0.3 is 56.9 Å². The second-order valence-electron chi connectivity index (χ2n) is 10.5. The number of nitrogens with two attached hydrogens (primary N) is 1. The number of ether oxygens (including phenoxy) is 4. The molecule has 0 aliphatic carbocycles. The van der Waals surface area contributed by atoms with E-state index in [1.807, 2.05) is 0 Å². The van der Waals surface area contributed by atoms with Gasteiger partial charge in [0, 0.05) is 48.4 Å². The van der Waals surface area contributed by atoms with Crippen LogP contribution in [0.2, 0.25) is 0 Å². The number of carboxylic acid groups (broad SMARTS) is 1. The van der Waals surface area contributed by atoms with E-state index in [9.17, 15) is 50.0 Å². The number of carbonyl (C=O) groups is 2. The molecule has 3 aliphatic rings. The summed E-state index contributed by atoms with van der Waals surface area (Å²) in [5, 5.41) is 77.8. The number of epoxide rings is 2. The van der Waals surface area contributed by atoms with Crippen molar-refractivity contribution < 1.29 is 234 Å². The summed E-state index contributed by atoms with van der Waals surface area (Å²) in [7, 11) is 0. The van der Waals surface area contributed by atoms with Crippen LogP contribution in [0.3, 0.4) is 0 Å². The number of nitro groups is 4. The number of anilines is 2. The predicted octanol–water partition coefficient (Wildman–Crippen LogP) is -4.62. The van der Waals surface area contributed by atoms with Gasteiger partial charge in [0.25, 0.3) is 23.8 Å². The predicted molar refractivity (Wildman–Crippen MR) is 184 cm³/mol. The molecule has 0 radical (unpaired) electrons. The van der Waals surface area contributed by atoms with Crippen molar-refractivity contribution >= 4 is 46.6 Å². The second kappa shape index (κ2) is 33.4. The van der Waals surface area contributed by atoms with Crippen LogP contribution in [0, 0.1) is 46.3 Å². The van der Waals surface area contributed by atoms with Gasteiger partial charge in [0.15, 0.2) is 5.75 Å². The molecule has 3 aromatic carbocycles. The molecule has 2 saturated heterocycles. The Hall–Kier alpha value is -2.25. The Labute approximate surface area is 461 Å². The number of hydrogen-bond acceptors (Lipinski definition) is 20. The van der Waals surface area contributed by atoms with Gasteiger partial charge in [-0.1, -0.05) is 0 Å². The summed E-state index contributed by atoms with van der Waals surface area (Å²) in [6.07, 6.45) is -0.312. The third-order valence-electron chi connectivity index (χ3n) is 6.12. The number of aliphatic hydroxyl groups is 2. The molecule has 6 N–H and O–H groups in total. The average molecular weight is 1120 g/mol. The molecular weight excluding hydrogens is 1090 g/mol. The van der Waals surface area contributed by atoms with Gasteiger partial charge in [-0.25, -0.2) is 0 Å². The number of nitrogens with zero attached hydrogens (tertiary/aromatic N) is 4. The van der Waals surface area contributed by atoms with E-state index >= 15 is 0 Å². The molecule has 0 bridgehead atoms. The molecule has 3 aromatic rings. The minimum Gasteiger partial charge on any atom is -1.00 e. The Morgan fingerprint density at radius 2 is 1.41 bits per heavy atom. The molecule has 25 nitrogen and oxygen atoms in total. The molecule has 3 aliphatic heterocycles. The molecule has 0 spiro atoms. The van der Waals surface area contributed by atoms with Crippen LogP contribution >= 0.6 is 0 Å². The van der Waals surface area contributed by atoms with E-state index in [-0.39, 0.29) is 200 Å². The molecular formula is C30H35Cs2FFeN6O19. The number of benzene rings is 3. The van der Waals surface area contributed by atoms with Crippen molar-refractivity contribution in [2.75, 3.05) is 50.6 Å². The molecule has 0 saturated carbocycles. The van der Waals surface area contributed by atoms with E-state index < -0.39 is 54.6 Å². The van der Waals surface area contributed by atoms with Crippen LogP contribution in [-0.4, -0.2) is 105 Å². The van der Waals surface area contributed by atoms with Crippen LogP contribution < -0.4 is 164 Å². The molecule has 2 fully saturated rings. The smallest absolute Gasteiger partial charge is 1.00 e. The SMILES string of the molecule is CC(=O)O.Nc1ccc2c(c1)NCC(O)CO2.O=CO[O-].O=[N+]([O-])c1ccc(F)c([N+](=O)[O-])c1.O=[N+]([O-])c1ccc(OCC2CO2)c([N+](=O)[O-])c1.OCC1CO1.[Cs+].[Cs+].[Fe].[H-]. The van der Waals surface area contributed by atoms with Crippen LogP contribution in [0.4, 0.5) is 38.5 Å². The Bertz CT molecular complexity index is 1820. The maximum Gasteiger partial charge on any atom is 1.00 e. The molecule has 6 rings (SSSR count). The van der Waals surface area contributed by atoms with Crippen LogP contribution in [0.15, 0.2) is 54.6 Å². The number of β-amino-alcohol motifs (C(OH)–C–C–N with tert-alkyl or cyclic N) is 1. The van der Waals surface area contributed by atoms with Crippen LogP contribution in [-0.2, 0) is 41.0 Å². The zero-order valence-corrected chi connectivity index (χ0v) is 44.9. The number of halogens is 1. The summed E-state index contributed by atoms with van der Waals surface area (Å²) >= 11 is 0. The number of carboxylic acids is 1. The Morgan fingerprint density at radius 1 is 0.915 bits per heavy atom. The number of rotatable bonds is 9. The molecule has 0 amide bonds. The van der Waals surface area contributed by atoms with Crippen molar-refractivity contribution in [2.24, 2.45) is 0 Å². The van der Waals surface area contributed by atoms with E-state index in [1.165, 1.54) is 6.07 Å². The third-order valence-corrected chi connectivity index (χ3v) is 6.12. The van der Waals surface area contributed by atoms with Crippen molar-refractivity contribution in [1.82, 2.24) is 0 Å². The van der Waals surface area contributed by atoms with Gasteiger partial charge in [0.1, 0.15) is 37.3 Å². The first kappa shape index (κ1) is 61.1. The molecule has 59 heavy (non-hydrogen) atoms. The van der Waals surface area contributed by atoms with Gasteiger partial charge >= 0.3 is 149 Å². The second-order valence-corrected chi connectivity index (χ2v) is 10.5. The van der Waals surface area contributed by atoms with Gasteiger partial charge in [-0.3, -0.25) is 50.0 Å². The summed E-state index contributed by atoms with van der Waals surface area (Å²) in [6.45, 7) is 3.45. The Kier molecular flexibility index (Phi) is 34.6. The standard InChI is InChI=1S/C9H8N2O6.C9H12N2O2.C6H3FN2O4.C3H6O2.C2H4O2.CH2O3.2Cs.Fe.H/c12-10(13)6-1-2-9(8(3-6)11(14)15)17-5-7-4-16-7;10-6-1-2-9-8(3-6)11-4-7(12)5-13-9;7-5-2-1-4(8(10)11)3-6(5)9(12)13;4-1-3-2-5-3;1-2(3)4;2-1-4-3;;;;/h1-3,7H,4-5H2;1-3,7,11-12H,4-5,10H2;1-3H;3-4H,1-2H2;1H3,(H,3,4);1,3H;;;;/q;;;;;;2*+1;;-1/p-1. The zero-order valence-electron chi connectivity index (χ0n) is 32.2. The topological polar surface area (TPSA) is 381 Å². The van der Waals surface area contributed by atoms with Gasteiger partial charge in [0.2, 0.25) is 5.82 Å². The van der Waals surface area contributed by atoms with Crippen molar-refractivity contribution in [3.63, 3.8) is 0 Å². The van der Waals surface area contributed by atoms with Gasteiger partial charge in [0.05, 0.1) is 57.3 Å². The monoisotopic (exact) mass is 1120 g/mol. The summed E-state index contributed by atoms with van der Waals surface area (Å²) in [5.74, 6) is -1.17. The fourth-order valence-electron chi connectivity index (χ4n) is 3.44. The number of fused-ring (bicyclic) bond motifs is 1. The third kappa shape index (κ3) is 27.3. The Balaban J connectivity index is -0.000000334. The number of nitrogen functional groups attached to an aromatic ring is 1. The number of nitro benzene ring substituents is 4. The van der Waals surface area contributed by atoms with Crippen LogP contribution in [0.25, 0.3) is 0 Å². The Morgan fingerprint density at radius 3 is 1.83 bits per heavy atom. The molecule has 3 heterocycles. The minimum absolute atomic E-state index is 0. The summed E-state index contributed by atoms with van der Waals surface area (Å²) in [4.78, 5) is 58.5. The van der Waals surface area contributed by atoms with E-state index in [0.29, 0.717) is 37.6 Å². The first-order valence-corrected chi connectivity index (χ1v) is 15.3. The number of nitrogens with one attached hydrogen (secondary N) is 1. The fraction of sp³-hybridized carbons (Fsp3) is 0.333. The van der Waals surface area contributed by atoms with Crippen LogP contribution in [0.1, 0.15) is 8.35 Å². The molecule has 316 valence electrons. The van der Waals surface area contributed by atoms with Crippen molar-refractivity contribution in [3.8, 4) is 11.5 Å². The van der Waals surface area contributed by atoms with Crippen molar-refractivity contribution in [2.45, 2.75) is 25.2 Å². The largest absolute Gasteiger partial charge is 1.00 e. The first-order valence-electron chi connectivity index (χ1n) is 15.3. The van der Waals surface area contributed by atoms with E-state index in [2.05, 4.69) is 14.9 Å². The fourth-order valence-corrected chi connectivity index (χ4v) is 3.44. The number of carbonyl (C=O) groups excluding carboxylic acids is 1. The number of hydrogen-bond donors (Lipinski definition) is 5. The number of aliphatic carboxylic acids is 1. The van der Waals surface area contributed by atoms with Crippen molar-refractivity contribution in [3.05, 3.63) is 101 Å². The maximum atomic E-state index is 12.6. The summed E-state index contributed by atoms with van der Waals surface area (Å²) < 4.78 is 32.6. The minimum atomic E-state index is -1.09. The van der Waals surface area contributed by atoms with Gasteiger partial charge in [-0.05, 0) is 30.3 Å². The number of aliphatic hydroxyl groups excluding tert-OH is 2. The summed E-state index contributed by atoms with van der Waals surface area (Å²) in [6, 6.07) is 10.8. The molecule has 29 heteroatoms. The molecule has 3 unspecified atom stereocenters. The quantitative estimate of drug-likeness (QED) is 0.0256. The normalized spacial score (nSPS) is 15.4. The van der Waals surface area contributed by atoms with E-state index in [4.69, 9.17) is 45.0 Å². The summed E-state index contributed by atoms with van der Waals surface area (Å²) in [5.41, 5.74) is 4.98. The van der Waals surface area contributed by atoms with Gasteiger partial charge in [-0.2, -0.15) is 4.39 Å². The average Bonchev–Trinajstić information content (AvgIpc) is 4.07. The molecule has 3 atom stereocenters. The maximum absolute atomic E-state index is 12.6.